The molecule has 0 aromatic heterocycles. The van der Waals surface area contributed by atoms with Crippen LogP contribution >= 0.6 is 11.8 Å². The van der Waals surface area contributed by atoms with E-state index in [9.17, 15) is 0 Å². The Bertz CT molecular complexity index is 848. The maximum Gasteiger partial charge on any atom is 0.206 e. The fourth-order valence-electron chi connectivity index (χ4n) is 3.15. The minimum absolute atomic E-state index is 1.27. The third-order valence-electron chi connectivity index (χ3n) is 4.49. The Hall–Kier alpha value is -1.60. The average molecular weight is 395 g/mol. The molecular formula is C22H26OSSi2. The summed E-state index contributed by atoms with van der Waals surface area (Å²) in [6.45, 7) is 9.24. The summed E-state index contributed by atoms with van der Waals surface area (Å²) in [4.78, 5) is 2.54. The van der Waals surface area contributed by atoms with Gasteiger partial charge < -0.3 is 4.12 Å². The second-order valence-corrected chi connectivity index (χ2v) is 16.6. The van der Waals surface area contributed by atoms with Crippen molar-refractivity contribution in [2.24, 2.45) is 0 Å². The van der Waals surface area contributed by atoms with Gasteiger partial charge in [-0.2, -0.15) is 0 Å². The maximum atomic E-state index is 6.87. The number of hydrogen-bond acceptors (Lipinski definition) is 2. The zero-order valence-corrected chi connectivity index (χ0v) is 18.7. The monoisotopic (exact) mass is 394 g/mol. The minimum atomic E-state index is -2.00. The summed E-state index contributed by atoms with van der Waals surface area (Å²) in [6, 6.07) is 30.1. The SMILES string of the molecule is C[Si](C)(O[Si](C)(C)c1cccc(Sc2ccccc2)c1)c1ccccc1. The number of hydrogen-bond donors (Lipinski definition) is 0. The van der Waals surface area contributed by atoms with Crippen molar-refractivity contribution >= 4 is 38.8 Å². The topological polar surface area (TPSA) is 9.23 Å². The van der Waals surface area contributed by atoms with Gasteiger partial charge >= 0.3 is 0 Å². The van der Waals surface area contributed by atoms with E-state index in [0.29, 0.717) is 0 Å². The summed E-state index contributed by atoms with van der Waals surface area (Å²) >= 11 is 1.81. The molecule has 0 fully saturated rings. The van der Waals surface area contributed by atoms with Gasteiger partial charge in [-0.05, 0) is 60.8 Å². The molecule has 0 bridgehead atoms. The molecule has 0 aliphatic rings. The predicted octanol–water partition coefficient (Wildman–Crippen LogP) is 5.38. The van der Waals surface area contributed by atoms with Crippen molar-refractivity contribution in [3.8, 4) is 0 Å². The molecule has 0 aliphatic carbocycles. The molecule has 3 rings (SSSR count). The Morgan fingerprint density at radius 1 is 0.577 bits per heavy atom. The smallest absolute Gasteiger partial charge is 0.206 e. The first-order valence-electron chi connectivity index (χ1n) is 8.96. The lowest BCUT2D eigenvalue weighted by Gasteiger charge is -2.34. The molecule has 0 N–H and O–H groups in total. The summed E-state index contributed by atoms with van der Waals surface area (Å²) < 4.78 is 6.87. The molecule has 1 nitrogen and oxygen atoms in total. The Labute approximate surface area is 163 Å². The summed E-state index contributed by atoms with van der Waals surface area (Å²) in [7, 11) is -3.93. The van der Waals surface area contributed by atoms with E-state index in [0.717, 1.165) is 0 Å². The molecule has 4 heteroatoms. The van der Waals surface area contributed by atoms with Crippen LogP contribution in [0.25, 0.3) is 0 Å². The predicted molar refractivity (Wildman–Crippen MR) is 119 cm³/mol. The Morgan fingerprint density at radius 3 is 1.73 bits per heavy atom. The Kier molecular flexibility index (Phi) is 5.87. The van der Waals surface area contributed by atoms with Crippen molar-refractivity contribution in [3.63, 3.8) is 0 Å². The van der Waals surface area contributed by atoms with Crippen molar-refractivity contribution in [2.45, 2.75) is 36.0 Å². The van der Waals surface area contributed by atoms with Crippen LogP contribution in [0.1, 0.15) is 0 Å². The van der Waals surface area contributed by atoms with Gasteiger partial charge in [-0.15, -0.1) is 0 Å². The van der Waals surface area contributed by atoms with Crippen LogP contribution in [0.15, 0.2) is 94.7 Å². The van der Waals surface area contributed by atoms with Gasteiger partial charge in [0.05, 0.1) is 0 Å². The van der Waals surface area contributed by atoms with Crippen molar-refractivity contribution < 1.29 is 4.12 Å². The van der Waals surface area contributed by atoms with Crippen LogP contribution in [0.3, 0.4) is 0 Å². The Balaban J connectivity index is 1.82. The van der Waals surface area contributed by atoms with E-state index in [1.54, 1.807) is 0 Å². The first kappa shape index (κ1) is 19.2. The molecule has 134 valence electrons. The van der Waals surface area contributed by atoms with E-state index in [-0.39, 0.29) is 0 Å². The number of rotatable bonds is 6. The average Bonchev–Trinajstić information content (AvgIpc) is 2.63. The molecule has 0 spiro atoms. The van der Waals surface area contributed by atoms with Crippen LogP contribution < -0.4 is 10.4 Å². The van der Waals surface area contributed by atoms with Crippen molar-refractivity contribution in [2.75, 3.05) is 0 Å². The molecule has 0 atom stereocenters. The van der Waals surface area contributed by atoms with E-state index >= 15 is 0 Å². The maximum absolute atomic E-state index is 6.87. The van der Waals surface area contributed by atoms with Gasteiger partial charge in [0.25, 0.3) is 0 Å². The minimum Gasteiger partial charge on any atom is -0.449 e. The van der Waals surface area contributed by atoms with E-state index in [2.05, 4.69) is 111 Å². The van der Waals surface area contributed by atoms with Crippen LogP contribution in [-0.4, -0.2) is 16.6 Å². The molecular weight excluding hydrogens is 368 g/mol. The second kappa shape index (κ2) is 7.96. The lowest BCUT2D eigenvalue weighted by Crippen LogP contribution is -2.57. The van der Waals surface area contributed by atoms with Crippen molar-refractivity contribution in [1.82, 2.24) is 0 Å². The van der Waals surface area contributed by atoms with Crippen LogP contribution in [0, 0.1) is 0 Å². The Morgan fingerprint density at radius 2 is 1.08 bits per heavy atom. The third kappa shape index (κ3) is 4.77. The molecule has 0 saturated carbocycles. The summed E-state index contributed by atoms with van der Waals surface area (Å²) in [5, 5.41) is 2.71. The fraction of sp³-hybridized carbons (Fsp3) is 0.182. The molecule has 0 saturated heterocycles. The van der Waals surface area contributed by atoms with Crippen molar-refractivity contribution in [1.29, 1.82) is 0 Å². The van der Waals surface area contributed by atoms with Gasteiger partial charge in [-0.25, -0.2) is 0 Å². The molecule has 0 heterocycles. The van der Waals surface area contributed by atoms with Gasteiger partial charge in [-0.1, -0.05) is 72.4 Å². The van der Waals surface area contributed by atoms with Crippen LogP contribution in [-0.2, 0) is 4.12 Å². The van der Waals surface area contributed by atoms with E-state index in [4.69, 9.17) is 4.12 Å². The standard InChI is InChI=1S/C22H26OSSi2/c1-25(2,21-15-9-6-10-16-21)23-26(3,4)22-17-11-14-20(18-22)24-19-12-7-5-8-13-19/h5-18H,1-4H3. The largest absolute Gasteiger partial charge is 0.449 e. The highest BCUT2D eigenvalue weighted by Gasteiger charge is 2.35. The summed E-state index contributed by atoms with van der Waals surface area (Å²) in [5.74, 6) is 0. The second-order valence-electron chi connectivity index (χ2n) is 7.43. The zero-order chi connectivity index (χ0) is 18.6. The highest BCUT2D eigenvalue weighted by Crippen LogP contribution is 2.27. The molecule has 26 heavy (non-hydrogen) atoms. The lowest BCUT2D eigenvalue weighted by atomic mass is 10.4. The molecule has 3 aromatic rings. The fourth-order valence-corrected chi connectivity index (χ4v) is 12.2. The summed E-state index contributed by atoms with van der Waals surface area (Å²) in [5.41, 5.74) is 0. The van der Waals surface area contributed by atoms with Crippen molar-refractivity contribution in [3.05, 3.63) is 84.9 Å². The molecule has 0 unspecified atom stereocenters. The van der Waals surface area contributed by atoms with Gasteiger partial charge in [0.2, 0.25) is 16.6 Å². The van der Waals surface area contributed by atoms with E-state index in [1.807, 2.05) is 11.8 Å². The lowest BCUT2D eigenvalue weighted by molar-refractivity contribution is 0.573. The molecule has 0 radical (unpaired) electrons. The molecule has 0 aliphatic heterocycles. The van der Waals surface area contributed by atoms with Crippen LogP contribution in [0.4, 0.5) is 0 Å². The third-order valence-corrected chi connectivity index (χ3v) is 13.0. The quantitative estimate of drug-likeness (QED) is 0.519. The van der Waals surface area contributed by atoms with Gasteiger partial charge in [0, 0.05) is 9.79 Å². The highest BCUT2D eigenvalue weighted by atomic mass is 32.2. The molecule has 3 aromatic carbocycles. The zero-order valence-electron chi connectivity index (χ0n) is 15.9. The van der Waals surface area contributed by atoms with Gasteiger partial charge in [0.15, 0.2) is 0 Å². The molecule has 0 amide bonds. The first-order chi connectivity index (χ1) is 12.4. The number of benzene rings is 3. The first-order valence-corrected chi connectivity index (χ1v) is 15.6. The van der Waals surface area contributed by atoms with Crippen LogP contribution in [0.5, 0.6) is 0 Å². The highest BCUT2D eigenvalue weighted by molar-refractivity contribution is 7.99. The normalized spacial score (nSPS) is 12.2. The van der Waals surface area contributed by atoms with E-state index < -0.39 is 16.6 Å². The van der Waals surface area contributed by atoms with Gasteiger partial charge in [-0.3, -0.25) is 0 Å². The summed E-state index contributed by atoms with van der Waals surface area (Å²) in [6.07, 6.45) is 0. The van der Waals surface area contributed by atoms with Gasteiger partial charge in [0.1, 0.15) is 0 Å². The van der Waals surface area contributed by atoms with E-state index in [1.165, 1.54) is 20.2 Å². The van der Waals surface area contributed by atoms with Crippen LogP contribution in [0.2, 0.25) is 26.2 Å².